The molecule has 0 saturated carbocycles. The van der Waals surface area contributed by atoms with Crippen molar-refractivity contribution >= 4 is 68.9 Å². The van der Waals surface area contributed by atoms with Crippen LogP contribution in [0.3, 0.4) is 0 Å². The van der Waals surface area contributed by atoms with Crippen molar-refractivity contribution < 1.29 is 19.4 Å². The van der Waals surface area contributed by atoms with Crippen LogP contribution in [0.2, 0.25) is 10.0 Å². The van der Waals surface area contributed by atoms with Crippen LogP contribution in [0.15, 0.2) is 113 Å². The van der Waals surface area contributed by atoms with E-state index < -0.39 is 17.7 Å². The molecule has 1 aliphatic heterocycles. The maximum Gasteiger partial charge on any atom is 0.301 e. The van der Waals surface area contributed by atoms with Gasteiger partial charge in [-0.25, -0.2) is 0 Å². The van der Waals surface area contributed by atoms with Crippen LogP contribution in [-0.4, -0.2) is 27.0 Å². The number of amides is 1. The van der Waals surface area contributed by atoms with E-state index in [1.807, 2.05) is 54.6 Å². The Kier molecular flexibility index (Phi) is 8.99. The third kappa shape index (κ3) is 6.37. The molecule has 1 aliphatic rings. The number of ketones is 1. The molecule has 0 radical (unpaired) electrons. The summed E-state index contributed by atoms with van der Waals surface area (Å²) in [6.07, 6.45) is 0. The number of carbonyl (C=O) groups excluding carboxylic acids is 2. The molecule has 1 unspecified atom stereocenters. The molecule has 44 heavy (non-hydrogen) atoms. The molecule has 1 aromatic heterocycles. The van der Waals surface area contributed by atoms with E-state index in [0.717, 1.165) is 11.1 Å². The van der Waals surface area contributed by atoms with Crippen LogP contribution in [0.4, 0.5) is 5.13 Å². The summed E-state index contributed by atoms with van der Waals surface area (Å²) in [5.41, 5.74) is 2.76. The van der Waals surface area contributed by atoms with Crippen LogP contribution < -0.4 is 9.64 Å². The summed E-state index contributed by atoms with van der Waals surface area (Å²) in [7, 11) is 0. The number of hydrogen-bond acceptors (Lipinski definition) is 8. The normalized spacial score (nSPS) is 16.0. The van der Waals surface area contributed by atoms with Gasteiger partial charge in [0.15, 0.2) is 4.34 Å². The van der Waals surface area contributed by atoms with Crippen molar-refractivity contribution in [2.45, 2.75) is 22.7 Å². The second-order valence-corrected chi connectivity index (χ2v) is 12.8. The third-order valence-corrected chi connectivity index (χ3v) is 9.62. The van der Waals surface area contributed by atoms with E-state index in [1.54, 1.807) is 48.5 Å². The number of thioether (sulfide) groups is 1. The highest BCUT2D eigenvalue weighted by Gasteiger charge is 2.48. The van der Waals surface area contributed by atoms with Crippen LogP contribution in [0.1, 0.15) is 28.3 Å². The van der Waals surface area contributed by atoms with Gasteiger partial charge in [-0.3, -0.25) is 14.5 Å². The van der Waals surface area contributed by atoms with Gasteiger partial charge in [-0.2, -0.15) is 0 Å². The van der Waals surface area contributed by atoms with Crippen molar-refractivity contribution in [3.63, 3.8) is 0 Å². The van der Waals surface area contributed by atoms with Gasteiger partial charge >= 0.3 is 5.91 Å². The van der Waals surface area contributed by atoms with Gasteiger partial charge in [0.1, 0.15) is 18.1 Å². The Morgan fingerprint density at radius 1 is 0.909 bits per heavy atom. The van der Waals surface area contributed by atoms with Crippen molar-refractivity contribution in [1.82, 2.24) is 10.2 Å². The number of benzene rings is 4. The predicted octanol–water partition coefficient (Wildman–Crippen LogP) is 8.34. The van der Waals surface area contributed by atoms with Gasteiger partial charge in [0.2, 0.25) is 5.13 Å². The van der Waals surface area contributed by atoms with Gasteiger partial charge in [-0.15, -0.1) is 10.2 Å². The quantitative estimate of drug-likeness (QED) is 0.0559. The largest absolute Gasteiger partial charge is 0.507 e. The molecular weight excluding hydrogens is 637 g/mol. The van der Waals surface area contributed by atoms with Gasteiger partial charge in [-0.05, 0) is 59.2 Å². The summed E-state index contributed by atoms with van der Waals surface area (Å²) in [4.78, 5) is 28.5. The number of Topliss-reactive ketones (excluding diaryl/α,β-unsaturated/α-hetero) is 1. The van der Waals surface area contributed by atoms with Crippen LogP contribution >= 0.6 is 46.3 Å². The molecule has 6 rings (SSSR count). The fraction of sp³-hybridized carbons (Fsp3) is 0.0909. The smallest absolute Gasteiger partial charge is 0.301 e. The first-order valence-corrected chi connectivity index (χ1v) is 16.0. The molecule has 0 aliphatic carbocycles. The molecule has 1 fully saturated rings. The Morgan fingerprint density at radius 3 is 2.43 bits per heavy atom. The van der Waals surface area contributed by atoms with Crippen molar-refractivity contribution in [2.24, 2.45) is 0 Å². The lowest BCUT2D eigenvalue weighted by atomic mass is 9.95. The summed E-state index contributed by atoms with van der Waals surface area (Å²) >= 11 is 15.0. The first-order chi connectivity index (χ1) is 21.4. The minimum Gasteiger partial charge on any atom is -0.507 e. The number of anilines is 1. The standard InChI is InChI=1S/C33H23Cl2N3O4S2/c34-24-15-13-21(14-16-24)29(39)27-28(22-10-6-11-25(17-22)42-18-20-7-2-1-3-8-20)38(31(41)30(27)40)32-36-37-33(44-32)43-19-23-9-4-5-12-26(23)35/h1-17,28,39H,18-19H2/b29-27+. The minimum atomic E-state index is -0.986. The number of carbonyl (C=O) groups is 2. The number of rotatable bonds is 9. The molecule has 220 valence electrons. The molecule has 2 heterocycles. The SMILES string of the molecule is O=C1C(=O)N(c2nnc(SCc3ccccc3Cl)s2)C(c2cccc(OCc3ccccc3)c2)/C1=C(\O)c1ccc(Cl)cc1. The number of aliphatic hydroxyl groups is 1. The highest BCUT2D eigenvalue weighted by atomic mass is 35.5. The number of aromatic nitrogens is 2. The van der Waals surface area contributed by atoms with Gasteiger partial charge in [-0.1, -0.05) is 107 Å². The molecule has 11 heteroatoms. The zero-order chi connectivity index (χ0) is 30.6. The Bertz CT molecular complexity index is 1860. The number of nitrogens with zero attached hydrogens (tertiary/aromatic N) is 3. The lowest BCUT2D eigenvalue weighted by Gasteiger charge is -2.23. The second-order valence-electron chi connectivity index (χ2n) is 9.75. The molecule has 1 saturated heterocycles. The summed E-state index contributed by atoms with van der Waals surface area (Å²) in [5, 5.41) is 21.3. The van der Waals surface area contributed by atoms with E-state index in [2.05, 4.69) is 10.2 Å². The minimum absolute atomic E-state index is 0.0713. The van der Waals surface area contributed by atoms with E-state index in [4.69, 9.17) is 27.9 Å². The molecular formula is C33H23Cl2N3O4S2. The average molecular weight is 661 g/mol. The van der Waals surface area contributed by atoms with Crippen molar-refractivity contribution in [2.75, 3.05) is 4.90 Å². The van der Waals surface area contributed by atoms with E-state index in [1.165, 1.54) is 28.0 Å². The Balaban J connectivity index is 1.37. The predicted molar refractivity (Wildman–Crippen MR) is 174 cm³/mol. The number of hydrogen-bond donors (Lipinski definition) is 1. The average Bonchev–Trinajstić information content (AvgIpc) is 3.62. The van der Waals surface area contributed by atoms with E-state index >= 15 is 0 Å². The van der Waals surface area contributed by atoms with Gasteiger partial charge < -0.3 is 9.84 Å². The van der Waals surface area contributed by atoms with Crippen LogP contribution in [-0.2, 0) is 21.9 Å². The Labute approximate surface area is 271 Å². The van der Waals surface area contributed by atoms with E-state index in [0.29, 0.717) is 43.6 Å². The fourth-order valence-electron chi connectivity index (χ4n) is 4.74. The maximum atomic E-state index is 13.6. The highest BCUT2D eigenvalue weighted by molar-refractivity contribution is 8.00. The highest BCUT2D eigenvalue weighted by Crippen LogP contribution is 2.44. The molecule has 0 bridgehead atoms. The second kappa shape index (κ2) is 13.2. The third-order valence-electron chi connectivity index (χ3n) is 6.90. The zero-order valence-electron chi connectivity index (χ0n) is 22.9. The fourth-order valence-corrected chi connectivity index (χ4v) is 7.02. The lowest BCUT2D eigenvalue weighted by molar-refractivity contribution is -0.132. The molecule has 5 aromatic rings. The molecule has 1 atom stereocenters. The number of halogens is 2. The summed E-state index contributed by atoms with van der Waals surface area (Å²) < 4.78 is 6.64. The lowest BCUT2D eigenvalue weighted by Crippen LogP contribution is -2.29. The van der Waals surface area contributed by atoms with E-state index in [-0.39, 0.29) is 16.5 Å². The van der Waals surface area contributed by atoms with Crippen LogP contribution in [0, 0.1) is 0 Å². The number of ether oxygens (including phenoxy) is 1. The molecule has 1 N–H and O–H groups in total. The van der Waals surface area contributed by atoms with Crippen LogP contribution in [0.5, 0.6) is 5.75 Å². The molecule has 1 amide bonds. The monoisotopic (exact) mass is 659 g/mol. The maximum absolute atomic E-state index is 13.6. The molecule has 0 spiro atoms. The Morgan fingerprint density at radius 2 is 1.66 bits per heavy atom. The first-order valence-electron chi connectivity index (χ1n) is 13.4. The van der Waals surface area contributed by atoms with Crippen molar-refractivity contribution in [1.29, 1.82) is 0 Å². The Hall–Kier alpha value is -4.15. The van der Waals surface area contributed by atoms with E-state index in [9.17, 15) is 14.7 Å². The summed E-state index contributed by atoms with van der Waals surface area (Å²) in [6.45, 7) is 0.331. The molecule has 7 nitrogen and oxygen atoms in total. The van der Waals surface area contributed by atoms with Gasteiger partial charge in [0.05, 0.1) is 11.6 Å². The zero-order valence-corrected chi connectivity index (χ0v) is 26.0. The topological polar surface area (TPSA) is 92.6 Å². The van der Waals surface area contributed by atoms with Crippen molar-refractivity contribution in [3.05, 3.63) is 141 Å². The van der Waals surface area contributed by atoms with Gasteiger partial charge in [0, 0.05) is 21.4 Å². The van der Waals surface area contributed by atoms with Crippen LogP contribution in [0.25, 0.3) is 5.76 Å². The summed E-state index contributed by atoms with van der Waals surface area (Å²) in [6, 6.07) is 29.8. The van der Waals surface area contributed by atoms with Gasteiger partial charge in [0.25, 0.3) is 5.78 Å². The molecule has 4 aromatic carbocycles. The summed E-state index contributed by atoms with van der Waals surface area (Å²) in [5.74, 6) is -0.885. The first kappa shape index (κ1) is 29.9. The number of aliphatic hydroxyl groups excluding tert-OH is 1. The van der Waals surface area contributed by atoms with Crippen molar-refractivity contribution in [3.8, 4) is 5.75 Å².